The van der Waals surface area contributed by atoms with E-state index in [2.05, 4.69) is 0 Å². The van der Waals surface area contributed by atoms with Crippen LogP contribution in [-0.4, -0.2) is 32.4 Å². The lowest BCUT2D eigenvalue weighted by Crippen LogP contribution is -2.29. The molecule has 5 heteroatoms. The van der Waals surface area contributed by atoms with Crippen molar-refractivity contribution in [1.82, 2.24) is 4.31 Å². The Morgan fingerprint density at radius 2 is 2.11 bits per heavy atom. The summed E-state index contributed by atoms with van der Waals surface area (Å²) in [6, 6.07) is 5.58. The summed E-state index contributed by atoms with van der Waals surface area (Å²) in [6.45, 7) is 5.61. The zero-order valence-corrected chi connectivity index (χ0v) is 12.4. The van der Waals surface area contributed by atoms with Crippen molar-refractivity contribution in [2.24, 2.45) is 11.7 Å². The summed E-state index contributed by atoms with van der Waals surface area (Å²) in [4.78, 5) is 0.445. The Labute approximate surface area is 115 Å². The van der Waals surface area contributed by atoms with E-state index in [1.165, 1.54) is 0 Å². The highest BCUT2D eigenvalue weighted by Gasteiger charge is 2.32. The molecule has 1 aliphatic heterocycles. The molecule has 1 aliphatic rings. The van der Waals surface area contributed by atoms with E-state index in [9.17, 15) is 8.42 Å². The van der Waals surface area contributed by atoms with E-state index in [-0.39, 0.29) is 0 Å². The van der Waals surface area contributed by atoms with E-state index in [0.717, 1.165) is 24.0 Å². The number of nitrogens with two attached hydrogens (primary N) is 1. The van der Waals surface area contributed by atoms with Gasteiger partial charge in [-0.3, -0.25) is 0 Å². The van der Waals surface area contributed by atoms with Crippen LogP contribution in [0.4, 0.5) is 0 Å². The van der Waals surface area contributed by atoms with Gasteiger partial charge in [0.2, 0.25) is 10.0 Å². The predicted molar refractivity (Wildman–Crippen MR) is 76.5 cm³/mol. The molecule has 2 N–H and O–H groups in total. The molecule has 0 spiro atoms. The Kier molecular flexibility index (Phi) is 4.28. The van der Waals surface area contributed by atoms with Gasteiger partial charge in [0.25, 0.3) is 0 Å². The summed E-state index contributed by atoms with van der Waals surface area (Å²) in [6.07, 6.45) is 1.82. The second kappa shape index (κ2) is 5.61. The van der Waals surface area contributed by atoms with Crippen molar-refractivity contribution in [3.05, 3.63) is 29.3 Å². The summed E-state index contributed by atoms with van der Waals surface area (Å²) in [5.74, 6) is 0.407. The second-order valence-corrected chi connectivity index (χ2v) is 7.27. The first-order valence-corrected chi connectivity index (χ1v) is 8.16. The number of sulfonamides is 1. The van der Waals surface area contributed by atoms with Gasteiger partial charge in [0.15, 0.2) is 0 Å². The first kappa shape index (κ1) is 14.5. The van der Waals surface area contributed by atoms with Crippen molar-refractivity contribution in [1.29, 1.82) is 0 Å². The van der Waals surface area contributed by atoms with Gasteiger partial charge >= 0.3 is 0 Å². The summed E-state index contributed by atoms with van der Waals surface area (Å²) in [5.41, 5.74) is 7.34. The minimum Gasteiger partial charge on any atom is -0.330 e. The van der Waals surface area contributed by atoms with Gasteiger partial charge in [-0.2, -0.15) is 4.31 Å². The third-order valence-electron chi connectivity index (χ3n) is 3.78. The fourth-order valence-electron chi connectivity index (χ4n) is 2.61. The van der Waals surface area contributed by atoms with E-state index < -0.39 is 10.0 Å². The van der Waals surface area contributed by atoms with Crippen LogP contribution in [0, 0.1) is 19.8 Å². The molecule has 0 saturated carbocycles. The summed E-state index contributed by atoms with van der Waals surface area (Å²) >= 11 is 0. The predicted octanol–water partition coefficient (Wildman–Crippen LogP) is 1.66. The lowest BCUT2D eigenvalue weighted by atomic mass is 10.1. The highest BCUT2D eigenvalue weighted by molar-refractivity contribution is 7.89. The van der Waals surface area contributed by atoms with E-state index in [1.54, 1.807) is 10.4 Å². The van der Waals surface area contributed by atoms with Crippen molar-refractivity contribution in [2.45, 2.75) is 31.6 Å². The van der Waals surface area contributed by atoms with Gasteiger partial charge in [0.05, 0.1) is 4.90 Å². The normalized spacial score (nSPS) is 20.9. The molecule has 0 aromatic heterocycles. The van der Waals surface area contributed by atoms with Crippen molar-refractivity contribution >= 4 is 10.0 Å². The number of benzene rings is 1. The zero-order valence-electron chi connectivity index (χ0n) is 11.6. The maximum atomic E-state index is 12.7. The third kappa shape index (κ3) is 2.99. The summed E-state index contributed by atoms with van der Waals surface area (Å²) < 4.78 is 26.9. The highest BCUT2D eigenvalue weighted by Crippen LogP contribution is 2.27. The van der Waals surface area contributed by atoms with Crippen LogP contribution in [-0.2, 0) is 10.0 Å². The standard InChI is InChI=1S/C14H22N2O2S/c1-11-3-4-12(2)14(9-11)19(17,18)16-8-6-13(10-16)5-7-15/h3-4,9,13H,5-8,10,15H2,1-2H3. The fourth-order valence-corrected chi connectivity index (χ4v) is 4.45. The van der Waals surface area contributed by atoms with Gasteiger partial charge in [-0.25, -0.2) is 8.42 Å². The molecular formula is C14H22N2O2S. The molecule has 0 bridgehead atoms. The molecule has 1 saturated heterocycles. The topological polar surface area (TPSA) is 63.4 Å². The number of aryl methyl sites for hydroxylation is 2. The van der Waals surface area contributed by atoms with Crippen LogP contribution in [0.15, 0.2) is 23.1 Å². The van der Waals surface area contributed by atoms with Gasteiger partial charge in [-0.1, -0.05) is 12.1 Å². The molecule has 1 unspecified atom stereocenters. The van der Waals surface area contributed by atoms with Crippen LogP contribution in [0.5, 0.6) is 0 Å². The van der Waals surface area contributed by atoms with Crippen LogP contribution < -0.4 is 5.73 Å². The largest absolute Gasteiger partial charge is 0.330 e. The molecule has 1 aromatic rings. The maximum Gasteiger partial charge on any atom is 0.243 e. The molecule has 0 aliphatic carbocycles. The maximum absolute atomic E-state index is 12.7. The van der Waals surface area contributed by atoms with E-state index in [4.69, 9.17) is 5.73 Å². The van der Waals surface area contributed by atoms with Crippen molar-refractivity contribution in [2.75, 3.05) is 19.6 Å². The van der Waals surface area contributed by atoms with Crippen molar-refractivity contribution in [3.63, 3.8) is 0 Å². The molecule has 1 aromatic carbocycles. The number of hydrogen-bond donors (Lipinski definition) is 1. The Bertz CT molecular complexity index is 555. The molecule has 4 nitrogen and oxygen atoms in total. The quantitative estimate of drug-likeness (QED) is 0.913. The zero-order chi connectivity index (χ0) is 14.0. The van der Waals surface area contributed by atoms with Crippen LogP contribution in [0.2, 0.25) is 0 Å². The molecule has 0 radical (unpaired) electrons. The van der Waals surface area contributed by atoms with E-state index in [1.807, 2.05) is 26.0 Å². The van der Waals surface area contributed by atoms with E-state index >= 15 is 0 Å². The Morgan fingerprint density at radius 3 is 2.79 bits per heavy atom. The first-order valence-electron chi connectivity index (χ1n) is 6.72. The average molecular weight is 282 g/mol. The number of hydrogen-bond acceptors (Lipinski definition) is 3. The molecular weight excluding hydrogens is 260 g/mol. The molecule has 106 valence electrons. The summed E-state index contributed by atoms with van der Waals surface area (Å²) in [7, 11) is -3.35. The molecule has 1 atom stereocenters. The molecule has 1 heterocycles. The van der Waals surface area contributed by atoms with Crippen LogP contribution in [0.3, 0.4) is 0 Å². The van der Waals surface area contributed by atoms with E-state index in [0.29, 0.717) is 30.4 Å². The highest BCUT2D eigenvalue weighted by atomic mass is 32.2. The van der Waals surface area contributed by atoms with Crippen LogP contribution >= 0.6 is 0 Å². The number of rotatable bonds is 4. The summed E-state index contributed by atoms with van der Waals surface area (Å²) in [5, 5.41) is 0. The van der Waals surface area contributed by atoms with Gasteiger partial charge < -0.3 is 5.73 Å². The van der Waals surface area contributed by atoms with Crippen LogP contribution in [0.25, 0.3) is 0 Å². The Hall–Kier alpha value is -0.910. The third-order valence-corrected chi connectivity index (χ3v) is 5.79. The smallest absolute Gasteiger partial charge is 0.243 e. The van der Waals surface area contributed by atoms with Gasteiger partial charge in [-0.05, 0) is 56.3 Å². The monoisotopic (exact) mass is 282 g/mol. The minimum atomic E-state index is -3.35. The van der Waals surface area contributed by atoms with Crippen molar-refractivity contribution < 1.29 is 8.42 Å². The first-order chi connectivity index (χ1) is 8.95. The minimum absolute atomic E-state index is 0.407. The van der Waals surface area contributed by atoms with Gasteiger partial charge in [0.1, 0.15) is 0 Å². The molecule has 19 heavy (non-hydrogen) atoms. The fraction of sp³-hybridized carbons (Fsp3) is 0.571. The number of nitrogens with zero attached hydrogens (tertiary/aromatic N) is 1. The molecule has 1 fully saturated rings. The Morgan fingerprint density at radius 1 is 1.37 bits per heavy atom. The molecule has 0 amide bonds. The van der Waals surface area contributed by atoms with Gasteiger partial charge in [0, 0.05) is 13.1 Å². The SMILES string of the molecule is Cc1ccc(C)c(S(=O)(=O)N2CCC(CCN)C2)c1. The molecule has 2 rings (SSSR count). The lowest BCUT2D eigenvalue weighted by molar-refractivity contribution is 0.448. The average Bonchev–Trinajstić information content (AvgIpc) is 2.82. The van der Waals surface area contributed by atoms with Gasteiger partial charge in [-0.15, -0.1) is 0 Å². The van der Waals surface area contributed by atoms with Crippen molar-refractivity contribution in [3.8, 4) is 0 Å². The van der Waals surface area contributed by atoms with Crippen LogP contribution in [0.1, 0.15) is 24.0 Å². The second-order valence-electron chi connectivity index (χ2n) is 5.36. The lowest BCUT2D eigenvalue weighted by Gasteiger charge is -2.18. The Balaban J connectivity index is 2.26.